The zero-order valence-corrected chi connectivity index (χ0v) is 15.1. The van der Waals surface area contributed by atoms with Crippen molar-refractivity contribution in [1.82, 2.24) is 4.90 Å². The van der Waals surface area contributed by atoms with E-state index in [4.69, 9.17) is 4.74 Å². The molecule has 3 aliphatic rings. The van der Waals surface area contributed by atoms with Crippen LogP contribution in [0.1, 0.15) is 47.0 Å². The van der Waals surface area contributed by atoms with Crippen molar-refractivity contribution in [1.29, 1.82) is 0 Å². The molecule has 0 N–H and O–H groups in total. The molecule has 1 heterocycles. The number of hydrogen-bond donors (Lipinski definition) is 0. The Hall–Kier alpha value is -1.27. The SMILES string of the molecule is C[C@H]1[C@H]2CC3C[C@@H]1C([C@H]2OC(=O)C(C)(C)C)N(C(=O)CC(F)(F)F)C3. The third kappa shape index (κ3) is 3.38. The van der Waals surface area contributed by atoms with Gasteiger partial charge in [-0.1, -0.05) is 6.92 Å². The lowest BCUT2D eigenvalue weighted by Crippen LogP contribution is -2.54. The summed E-state index contributed by atoms with van der Waals surface area (Å²) in [6.07, 6.45) is -4.74. The van der Waals surface area contributed by atoms with Crippen LogP contribution in [0.5, 0.6) is 0 Å². The van der Waals surface area contributed by atoms with E-state index in [1.807, 2.05) is 0 Å². The number of fused-ring (bicyclic) bond motifs is 2. The Morgan fingerprint density at radius 1 is 1.12 bits per heavy atom. The first kappa shape index (κ1) is 18.5. The van der Waals surface area contributed by atoms with E-state index in [1.54, 1.807) is 20.8 Å². The van der Waals surface area contributed by atoms with E-state index >= 15 is 0 Å². The van der Waals surface area contributed by atoms with E-state index in [0.29, 0.717) is 6.54 Å². The first-order chi connectivity index (χ1) is 11.4. The van der Waals surface area contributed by atoms with Gasteiger partial charge in [0.25, 0.3) is 0 Å². The third-order valence-electron chi connectivity index (χ3n) is 6.10. The fraction of sp³-hybridized carbons (Fsp3) is 0.889. The average Bonchev–Trinajstić information content (AvgIpc) is 2.60. The van der Waals surface area contributed by atoms with E-state index in [0.717, 1.165) is 12.8 Å². The summed E-state index contributed by atoms with van der Waals surface area (Å²) in [7, 11) is 0. The molecule has 2 aliphatic carbocycles. The number of hydrogen-bond acceptors (Lipinski definition) is 3. The highest BCUT2D eigenvalue weighted by Gasteiger charge is 2.60. The monoisotopic (exact) mass is 361 g/mol. The van der Waals surface area contributed by atoms with Gasteiger partial charge in [0.15, 0.2) is 0 Å². The maximum Gasteiger partial charge on any atom is 0.397 e. The predicted molar refractivity (Wildman–Crippen MR) is 84.4 cm³/mol. The Balaban J connectivity index is 1.86. The maximum atomic E-state index is 12.7. The number of piperidine rings is 1. The molecule has 4 nitrogen and oxygen atoms in total. The summed E-state index contributed by atoms with van der Waals surface area (Å²) in [5.41, 5.74) is -0.682. The molecule has 2 unspecified atom stereocenters. The molecule has 1 amide bonds. The standard InChI is InChI=1S/C18H26F3NO3/c1-9-11-5-10-6-12(9)15(25-16(24)17(2,3)4)14(11)22(8-10)13(23)7-18(19,20)21/h9-12,14-15H,5-8H2,1-4H3/t9-,10?,11+,12-,14?,15+/m1/s1. The van der Waals surface area contributed by atoms with Crippen LogP contribution in [-0.2, 0) is 14.3 Å². The van der Waals surface area contributed by atoms with Crippen molar-refractivity contribution in [3.8, 4) is 0 Å². The topological polar surface area (TPSA) is 46.6 Å². The van der Waals surface area contributed by atoms with Gasteiger partial charge >= 0.3 is 12.1 Å². The van der Waals surface area contributed by atoms with Crippen LogP contribution >= 0.6 is 0 Å². The number of nitrogens with zero attached hydrogens (tertiary/aromatic N) is 1. The number of amides is 1. The summed E-state index contributed by atoms with van der Waals surface area (Å²) < 4.78 is 43.9. The maximum absolute atomic E-state index is 12.7. The Labute approximate surface area is 146 Å². The minimum atomic E-state index is -4.52. The second-order valence-corrected chi connectivity index (χ2v) is 8.97. The van der Waals surface area contributed by atoms with Gasteiger partial charge in [-0.15, -0.1) is 0 Å². The Morgan fingerprint density at radius 3 is 2.28 bits per heavy atom. The van der Waals surface area contributed by atoms with Crippen molar-refractivity contribution in [3.05, 3.63) is 0 Å². The molecule has 2 saturated carbocycles. The highest BCUT2D eigenvalue weighted by molar-refractivity contribution is 5.78. The fourth-order valence-electron chi connectivity index (χ4n) is 4.95. The molecule has 0 spiro atoms. The van der Waals surface area contributed by atoms with Crippen LogP contribution in [-0.4, -0.2) is 41.6 Å². The fourth-order valence-corrected chi connectivity index (χ4v) is 4.95. The lowest BCUT2D eigenvalue weighted by atomic mass is 9.71. The number of esters is 1. The molecule has 0 aromatic carbocycles. The summed E-state index contributed by atoms with van der Waals surface area (Å²) in [6, 6.07) is -0.417. The molecule has 3 rings (SSSR count). The number of carbonyl (C=O) groups excluding carboxylic acids is 2. The highest BCUT2D eigenvalue weighted by Crippen LogP contribution is 2.55. The van der Waals surface area contributed by atoms with Gasteiger partial charge in [0.2, 0.25) is 5.91 Å². The van der Waals surface area contributed by atoms with Gasteiger partial charge in [-0.05, 0) is 51.4 Å². The van der Waals surface area contributed by atoms with Gasteiger partial charge in [-0.2, -0.15) is 13.2 Å². The summed E-state index contributed by atoms with van der Waals surface area (Å²) in [5.74, 6) is -0.544. The molecule has 0 radical (unpaired) electrons. The molecule has 7 heteroatoms. The van der Waals surface area contributed by atoms with Gasteiger partial charge in [-0.3, -0.25) is 9.59 Å². The molecule has 0 aromatic heterocycles. The van der Waals surface area contributed by atoms with Crippen molar-refractivity contribution in [2.75, 3.05) is 6.54 Å². The van der Waals surface area contributed by atoms with E-state index < -0.39 is 36.1 Å². The van der Waals surface area contributed by atoms with Crippen molar-refractivity contribution < 1.29 is 27.5 Å². The molecule has 1 saturated heterocycles. The van der Waals surface area contributed by atoms with Crippen LogP contribution in [0, 0.1) is 29.1 Å². The Bertz CT molecular complexity index is 569. The third-order valence-corrected chi connectivity index (χ3v) is 6.10. The van der Waals surface area contributed by atoms with Crippen LogP contribution in [0.4, 0.5) is 13.2 Å². The van der Waals surface area contributed by atoms with Crippen LogP contribution in [0.15, 0.2) is 0 Å². The van der Waals surface area contributed by atoms with Crippen molar-refractivity contribution >= 4 is 11.9 Å². The lowest BCUT2D eigenvalue weighted by Gasteiger charge is -2.44. The minimum absolute atomic E-state index is 0.118. The Kier molecular flexibility index (Phi) is 4.35. The molecule has 6 atom stereocenters. The largest absolute Gasteiger partial charge is 0.459 e. The van der Waals surface area contributed by atoms with Crippen LogP contribution < -0.4 is 0 Å². The van der Waals surface area contributed by atoms with E-state index in [1.165, 1.54) is 4.90 Å². The summed E-state index contributed by atoms with van der Waals surface area (Å²) in [4.78, 5) is 26.1. The van der Waals surface area contributed by atoms with Crippen molar-refractivity contribution in [2.24, 2.45) is 29.1 Å². The quantitative estimate of drug-likeness (QED) is 0.708. The molecule has 0 aromatic rings. The van der Waals surface area contributed by atoms with Crippen LogP contribution in [0.3, 0.4) is 0 Å². The summed E-state index contributed by atoms with van der Waals surface area (Å²) in [5, 5.41) is 0. The molecular formula is C18H26F3NO3. The second-order valence-electron chi connectivity index (χ2n) is 8.97. The number of ether oxygens (including phenoxy) is 1. The number of carbonyl (C=O) groups is 2. The molecule has 3 bridgehead atoms. The van der Waals surface area contributed by atoms with E-state index in [2.05, 4.69) is 6.92 Å². The minimum Gasteiger partial charge on any atom is -0.459 e. The number of halogens is 3. The van der Waals surface area contributed by atoms with Gasteiger partial charge < -0.3 is 9.64 Å². The number of rotatable bonds is 2. The van der Waals surface area contributed by atoms with Crippen LogP contribution in [0.2, 0.25) is 0 Å². The van der Waals surface area contributed by atoms with Gasteiger partial charge in [0.05, 0.1) is 11.5 Å². The number of alkyl halides is 3. The highest BCUT2D eigenvalue weighted by atomic mass is 19.4. The van der Waals surface area contributed by atoms with Crippen molar-refractivity contribution in [2.45, 2.75) is 65.3 Å². The van der Waals surface area contributed by atoms with E-state index in [-0.39, 0.29) is 29.6 Å². The van der Waals surface area contributed by atoms with Crippen molar-refractivity contribution in [3.63, 3.8) is 0 Å². The first-order valence-corrected chi connectivity index (χ1v) is 8.96. The van der Waals surface area contributed by atoms with Crippen LogP contribution in [0.25, 0.3) is 0 Å². The van der Waals surface area contributed by atoms with E-state index in [9.17, 15) is 22.8 Å². The normalized spacial score (nSPS) is 37.3. The smallest absolute Gasteiger partial charge is 0.397 e. The second kappa shape index (κ2) is 5.88. The zero-order valence-electron chi connectivity index (χ0n) is 15.1. The summed E-state index contributed by atoms with van der Waals surface area (Å²) >= 11 is 0. The predicted octanol–water partition coefficient (Wildman–Crippen LogP) is 3.40. The van der Waals surface area contributed by atoms with Gasteiger partial charge in [-0.25, -0.2) is 0 Å². The lowest BCUT2D eigenvalue weighted by molar-refractivity contribution is -0.173. The molecular weight excluding hydrogens is 335 g/mol. The van der Waals surface area contributed by atoms with Gasteiger partial charge in [0, 0.05) is 12.5 Å². The Morgan fingerprint density at radius 2 is 1.72 bits per heavy atom. The molecule has 25 heavy (non-hydrogen) atoms. The zero-order chi connectivity index (χ0) is 18.7. The molecule has 142 valence electrons. The van der Waals surface area contributed by atoms with Gasteiger partial charge in [0.1, 0.15) is 12.5 Å². The number of likely N-dealkylation sites (tertiary alicyclic amines) is 1. The summed E-state index contributed by atoms with van der Waals surface area (Å²) in [6.45, 7) is 7.68. The molecule has 1 aliphatic heterocycles. The first-order valence-electron chi connectivity index (χ1n) is 8.96. The molecule has 3 fully saturated rings. The average molecular weight is 361 g/mol.